The highest BCUT2D eigenvalue weighted by molar-refractivity contribution is 7.89. The summed E-state index contributed by atoms with van der Waals surface area (Å²) in [5, 5.41) is 2.83. The van der Waals surface area contributed by atoms with Crippen LogP contribution in [0.15, 0.2) is 29.2 Å². The molecule has 1 heterocycles. The van der Waals surface area contributed by atoms with Crippen molar-refractivity contribution < 1.29 is 27.5 Å². The number of carbonyl (C=O) groups excluding carboxylic acids is 2. The first-order valence-electron chi connectivity index (χ1n) is 10.0. The van der Waals surface area contributed by atoms with Crippen molar-refractivity contribution >= 4 is 21.9 Å². The maximum Gasteiger partial charge on any atom is 0.309 e. The van der Waals surface area contributed by atoms with Gasteiger partial charge in [0.25, 0.3) is 0 Å². The smallest absolute Gasteiger partial charge is 0.309 e. The van der Waals surface area contributed by atoms with E-state index >= 15 is 0 Å². The van der Waals surface area contributed by atoms with Crippen molar-refractivity contribution in [2.45, 2.75) is 25.3 Å². The molecule has 1 amide bonds. The molecule has 1 saturated heterocycles. The molecule has 1 atom stereocenters. The number of benzene rings is 1. The van der Waals surface area contributed by atoms with Crippen LogP contribution in [-0.4, -0.2) is 82.5 Å². The first-order valence-corrected chi connectivity index (χ1v) is 11.5. The van der Waals surface area contributed by atoms with E-state index in [1.165, 1.54) is 11.4 Å². The Morgan fingerprint density at radius 2 is 1.87 bits per heavy atom. The number of hydrogen-bond donors (Lipinski definition) is 1. The number of amides is 1. The Balaban J connectivity index is 1.86. The zero-order chi connectivity index (χ0) is 22.1. The van der Waals surface area contributed by atoms with Gasteiger partial charge in [0.2, 0.25) is 15.9 Å². The number of rotatable bonds is 10. The maximum absolute atomic E-state index is 12.6. The third-order valence-corrected chi connectivity index (χ3v) is 6.88. The van der Waals surface area contributed by atoms with Crippen molar-refractivity contribution in [1.29, 1.82) is 0 Å². The van der Waals surface area contributed by atoms with Crippen LogP contribution in [0.1, 0.15) is 19.4 Å². The van der Waals surface area contributed by atoms with E-state index in [1.807, 2.05) is 11.8 Å². The molecule has 0 saturated carbocycles. The van der Waals surface area contributed by atoms with Gasteiger partial charge in [-0.3, -0.25) is 14.5 Å². The molecule has 1 aromatic rings. The highest BCUT2D eigenvalue weighted by Gasteiger charge is 2.26. The maximum atomic E-state index is 12.6. The highest BCUT2D eigenvalue weighted by Crippen LogP contribution is 2.17. The Kier molecular flexibility index (Phi) is 9.22. The number of hydrogen-bond acceptors (Lipinski definition) is 7. The Hall–Kier alpha value is -2.01. The first-order chi connectivity index (χ1) is 14.3. The minimum absolute atomic E-state index is 0.168. The number of likely N-dealkylation sites (N-methyl/N-ethyl adjacent to an activating group) is 1. The van der Waals surface area contributed by atoms with E-state index in [0.717, 1.165) is 5.56 Å². The first kappa shape index (κ1) is 24.3. The van der Waals surface area contributed by atoms with Gasteiger partial charge in [-0.05, 0) is 24.2 Å². The molecule has 10 heteroatoms. The van der Waals surface area contributed by atoms with Crippen molar-refractivity contribution in [3.05, 3.63) is 29.8 Å². The van der Waals surface area contributed by atoms with Gasteiger partial charge in [0.05, 0.1) is 37.7 Å². The number of nitrogens with zero attached hydrogens (tertiary/aromatic N) is 2. The summed E-state index contributed by atoms with van der Waals surface area (Å²) in [6.45, 7) is 6.71. The minimum Gasteiger partial charge on any atom is -0.469 e. The van der Waals surface area contributed by atoms with Gasteiger partial charge in [0, 0.05) is 26.2 Å². The van der Waals surface area contributed by atoms with Crippen molar-refractivity contribution in [1.82, 2.24) is 14.5 Å². The van der Waals surface area contributed by atoms with E-state index in [4.69, 9.17) is 9.47 Å². The van der Waals surface area contributed by atoms with E-state index in [2.05, 4.69) is 5.32 Å². The van der Waals surface area contributed by atoms with Gasteiger partial charge in [0.15, 0.2) is 0 Å². The van der Waals surface area contributed by atoms with Gasteiger partial charge < -0.3 is 14.8 Å². The molecule has 0 spiro atoms. The average Bonchev–Trinajstić information content (AvgIpc) is 2.77. The Morgan fingerprint density at radius 3 is 2.43 bits per heavy atom. The molecule has 30 heavy (non-hydrogen) atoms. The van der Waals surface area contributed by atoms with Crippen molar-refractivity contribution in [2.24, 2.45) is 5.92 Å². The molecule has 1 fully saturated rings. The van der Waals surface area contributed by atoms with Crippen LogP contribution in [-0.2, 0) is 35.6 Å². The minimum atomic E-state index is -3.53. The van der Waals surface area contributed by atoms with Crippen LogP contribution in [0.5, 0.6) is 0 Å². The molecule has 1 aromatic carbocycles. The standard InChI is InChI=1S/C20H31N3O6S/c1-4-22(14-16(2)20(25)28-3)15-19(24)21-13-17-5-7-18(8-6-17)30(26,27)23-9-11-29-12-10-23/h5-8,16H,4,9-15H2,1-3H3,(H,21,24). The van der Waals surface area contributed by atoms with Crippen molar-refractivity contribution in [3.8, 4) is 0 Å². The third kappa shape index (κ3) is 6.76. The molecule has 0 radical (unpaired) electrons. The molecule has 9 nitrogen and oxygen atoms in total. The normalized spacial score (nSPS) is 16.3. The van der Waals surface area contributed by atoms with Crippen LogP contribution in [0.25, 0.3) is 0 Å². The summed E-state index contributed by atoms with van der Waals surface area (Å²) >= 11 is 0. The third-order valence-electron chi connectivity index (χ3n) is 4.97. The van der Waals surface area contributed by atoms with Gasteiger partial charge in [-0.2, -0.15) is 4.31 Å². The fourth-order valence-corrected chi connectivity index (χ4v) is 4.55. The lowest BCUT2D eigenvalue weighted by atomic mass is 10.1. The summed E-state index contributed by atoms with van der Waals surface area (Å²) in [7, 11) is -2.18. The monoisotopic (exact) mass is 441 g/mol. The molecule has 168 valence electrons. The fraction of sp³-hybridized carbons (Fsp3) is 0.600. The zero-order valence-corrected chi connectivity index (χ0v) is 18.6. The molecule has 0 aliphatic carbocycles. The lowest BCUT2D eigenvalue weighted by Crippen LogP contribution is -2.40. The molecule has 2 rings (SSSR count). The molecular formula is C20H31N3O6S. The summed E-state index contributed by atoms with van der Waals surface area (Å²) in [6, 6.07) is 6.51. The molecule has 1 unspecified atom stereocenters. The topological polar surface area (TPSA) is 105 Å². The number of morpholine rings is 1. The number of esters is 1. The average molecular weight is 442 g/mol. The van der Waals surface area contributed by atoms with Crippen LogP contribution in [0.2, 0.25) is 0 Å². The second-order valence-electron chi connectivity index (χ2n) is 7.19. The van der Waals surface area contributed by atoms with Crippen molar-refractivity contribution in [2.75, 3.05) is 53.0 Å². The summed E-state index contributed by atoms with van der Waals surface area (Å²) in [5.74, 6) is -0.788. The summed E-state index contributed by atoms with van der Waals surface area (Å²) in [5.41, 5.74) is 0.801. The molecule has 0 aromatic heterocycles. The van der Waals surface area contributed by atoms with Crippen LogP contribution in [0, 0.1) is 5.92 Å². The Labute approximate surface area is 178 Å². The lowest BCUT2D eigenvalue weighted by Gasteiger charge is -2.26. The molecule has 1 aliphatic heterocycles. The van der Waals surface area contributed by atoms with Gasteiger partial charge in [-0.1, -0.05) is 26.0 Å². The Bertz CT molecular complexity index is 806. The van der Waals surface area contributed by atoms with E-state index in [0.29, 0.717) is 45.9 Å². The second-order valence-corrected chi connectivity index (χ2v) is 9.13. The second kappa shape index (κ2) is 11.4. The van der Waals surface area contributed by atoms with E-state index < -0.39 is 10.0 Å². The van der Waals surface area contributed by atoms with Crippen LogP contribution in [0.3, 0.4) is 0 Å². The number of methoxy groups -OCH3 is 1. The number of carbonyl (C=O) groups is 2. The summed E-state index contributed by atoms with van der Waals surface area (Å²) in [4.78, 5) is 25.9. The van der Waals surface area contributed by atoms with Crippen LogP contribution in [0.4, 0.5) is 0 Å². The molecule has 1 N–H and O–H groups in total. The lowest BCUT2D eigenvalue weighted by molar-refractivity contribution is -0.145. The van der Waals surface area contributed by atoms with Gasteiger partial charge >= 0.3 is 5.97 Å². The quantitative estimate of drug-likeness (QED) is 0.526. The molecule has 0 bridgehead atoms. The van der Waals surface area contributed by atoms with Crippen molar-refractivity contribution in [3.63, 3.8) is 0 Å². The van der Waals surface area contributed by atoms with Crippen LogP contribution < -0.4 is 5.32 Å². The molecule has 1 aliphatic rings. The van der Waals surface area contributed by atoms with Gasteiger partial charge in [0.1, 0.15) is 0 Å². The number of ether oxygens (including phenoxy) is 2. The largest absolute Gasteiger partial charge is 0.469 e. The SMILES string of the molecule is CCN(CC(=O)NCc1ccc(S(=O)(=O)N2CCOCC2)cc1)CC(C)C(=O)OC. The Morgan fingerprint density at radius 1 is 1.23 bits per heavy atom. The summed E-state index contributed by atoms with van der Waals surface area (Å²) < 4.78 is 36.6. The highest BCUT2D eigenvalue weighted by atomic mass is 32.2. The number of nitrogens with one attached hydrogen (secondary N) is 1. The van der Waals surface area contributed by atoms with Gasteiger partial charge in [-0.25, -0.2) is 8.42 Å². The fourth-order valence-electron chi connectivity index (χ4n) is 3.14. The number of sulfonamides is 1. The van der Waals surface area contributed by atoms with E-state index in [9.17, 15) is 18.0 Å². The van der Waals surface area contributed by atoms with E-state index in [-0.39, 0.29) is 29.2 Å². The predicted octanol–water partition coefficient (Wildman–Crippen LogP) is 0.455. The van der Waals surface area contributed by atoms with Gasteiger partial charge in [-0.15, -0.1) is 0 Å². The van der Waals surface area contributed by atoms with E-state index in [1.54, 1.807) is 31.2 Å². The summed E-state index contributed by atoms with van der Waals surface area (Å²) in [6.07, 6.45) is 0. The zero-order valence-electron chi connectivity index (χ0n) is 17.8. The van der Waals surface area contributed by atoms with Crippen LogP contribution >= 0.6 is 0 Å². The predicted molar refractivity (Wildman–Crippen MR) is 111 cm³/mol. The molecular weight excluding hydrogens is 410 g/mol.